The summed E-state index contributed by atoms with van der Waals surface area (Å²) in [5.41, 5.74) is 2.14. The van der Waals surface area contributed by atoms with E-state index in [0.717, 1.165) is 15.7 Å². The van der Waals surface area contributed by atoms with E-state index >= 15 is 0 Å². The van der Waals surface area contributed by atoms with Crippen LogP contribution in [0.15, 0.2) is 28.7 Å². The lowest BCUT2D eigenvalue weighted by atomic mass is 10.2. The number of benzene rings is 1. The van der Waals surface area contributed by atoms with E-state index in [9.17, 15) is 0 Å². The molecule has 1 aromatic carbocycles. The molecule has 0 saturated carbocycles. The lowest BCUT2D eigenvalue weighted by molar-refractivity contribution is 1.23. The molecule has 1 aromatic heterocycles. The van der Waals surface area contributed by atoms with Gasteiger partial charge in [0.25, 0.3) is 0 Å². The minimum absolute atomic E-state index is 1.05. The Morgan fingerprint density at radius 3 is 2.85 bits per heavy atom. The number of halogens is 2. The smallest absolute Gasteiger partial charge is 0.0717 e. The molecule has 0 atom stereocenters. The van der Waals surface area contributed by atoms with Gasteiger partial charge in [-0.15, -0.1) is 0 Å². The Morgan fingerprint density at radius 2 is 2.08 bits per heavy atom. The molecule has 3 heteroatoms. The predicted octanol–water partition coefficient (Wildman–Crippen LogP) is 3.91. The Morgan fingerprint density at radius 1 is 1.31 bits per heavy atom. The largest absolute Gasteiger partial charge is 0.252 e. The summed E-state index contributed by atoms with van der Waals surface area (Å²) >= 11 is 5.74. The van der Waals surface area contributed by atoms with Crippen molar-refractivity contribution in [1.29, 1.82) is 0 Å². The summed E-state index contributed by atoms with van der Waals surface area (Å²) < 4.78 is 2.29. The predicted molar refractivity (Wildman–Crippen MR) is 66.9 cm³/mol. The van der Waals surface area contributed by atoms with E-state index in [0.29, 0.717) is 0 Å². The second-order valence-electron chi connectivity index (χ2n) is 2.89. The number of aromatic nitrogens is 1. The fourth-order valence-electron chi connectivity index (χ4n) is 1.21. The quantitative estimate of drug-likeness (QED) is 0.658. The lowest BCUT2D eigenvalue weighted by Gasteiger charge is -2.01. The molecule has 2 aromatic rings. The summed E-state index contributed by atoms with van der Waals surface area (Å²) in [5, 5.41) is 1.19. The van der Waals surface area contributed by atoms with Crippen LogP contribution in [0.4, 0.5) is 0 Å². The summed E-state index contributed by atoms with van der Waals surface area (Å²) in [6, 6.07) is 8.31. The number of rotatable bonds is 0. The highest BCUT2D eigenvalue weighted by Crippen LogP contribution is 2.21. The van der Waals surface area contributed by atoms with Gasteiger partial charge < -0.3 is 0 Å². The van der Waals surface area contributed by atoms with Crippen molar-refractivity contribution in [3.8, 4) is 0 Å². The Hall–Kier alpha value is -0.160. The van der Waals surface area contributed by atoms with Gasteiger partial charge in [0.15, 0.2) is 0 Å². The zero-order chi connectivity index (χ0) is 9.42. The number of hydrogen-bond acceptors (Lipinski definition) is 1. The molecular weight excluding hydrogens is 341 g/mol. The van der Waals surface area contributed by atoms with E-state index in [2.05, 4.69) is 55.6 Å². The average Bonchev–Trinajstić information content (AvgIpc) is 2.08. The molecule has 1 heterocycles. The molecule has 2 rings (SSSR count). The zero-order valence-corrected chi connectivity index (χ0v) is 10.8. The fraction of sp³-hybridized carbons (Fsp3) is 0.100. The van der Waals surface area contributed by atoms with Gasteiger partial charge in [0, 0.05) is 13.4 Å². The molecule has 0 aliphatic carbocycles. The van der Waals surface area contributed by atoms with Gasteiger partial charge in [0.05, 0.1) is 11.2 Å². The van der Waals surface area contributed by atoms with Crippen molar-refractivity contribution in [2.45, 2.75) is 6.92 Å². The summed E-state index contributed by atoms with van der Waals surface area (Å²) in [4.78, 5) is 4.50. The van der Waals surface area contributed by atoms with Crippen LogP contribution in [0.5, 0.6) is 0 Å². The van der Waals surface area contributed by atoms with Crippen molar-refractivity contribution in [2.24, 2.45) is 0 Å². The van der Waals surface area contributed by atoms with Crippen molar-refractivity contribution < 1.29 is 0 Å². The summed E-state index contributed by atoms with van der Waals surface area (Å²) in [6.45, 7) is 2.03. The zero-order valence-electron chi connectivity index (χ0n) is 7.01. The van der Waals surface area contributed by atoms with E-state index in [1.807, 2.05) is 19.1 Å². The number of aryl methyl sites for hydroxylation is 1. The van der Waals surface area contributed by atoms with E-state index in [-0.39, 0.29) is 0 Å². The monoisotopic (exact) mass is 347 g/mol. The van der Waals surface area contributed by atoms with Crippen LogP contribution in [0.3, 0.4) is 0 Å². The highest BCUT2D eigenvalue weighted by Gasteiger charge is 2.00. The van der Waals surface area contributed by atoms with Crippen LogP contribution in [0.1, 0.15) is 5.69 Å². The molecular formula is C10H7BrIN. The second kappa shape index (κ2) is 3.53. The fourth-order valence-corrected chi connectivity index (χ4v) is 2.02. The van der Waals surface area contributed by atoms with Crippen LogP contribution in [0.25, 0.3) is 10.9 Å². The standard InChI is InChI=1S/C10H7BrIN/c1-6-9(12)4-7-2-3-8(11)5-10(7)13-6/h2-5H,1H3. The summed E-state index contributed by atoms with van der Waals surface area (Å²) in [6.07, 6.45) is 0. The van der Waals surface area contributed by atoms with Gasteiger partial charge in [-0.1, -0.05) is 22.0 Å². The van der Waals surface area contributed by atoms with Gasteiger partial charge in [0.1, 0.15) is 0 Å². The van der Waals surface area contributed by atoms with Gasteiger partial charge in [-0.25, -0.2) is 0 Å². The van der Waals surface area contributed by atoms with Crippen molar-refractivity contribution in [3.63, 3.8) is 0 Å². The van der Waals surface area contributed by atoms with Crippen LogP contribution in [-0.2, 0) is 0 Å². The first-order valence-electron chi connectivity index (χ1n) is 3.89. The van der Waals surface area contributed by atoms with Crippen LogP contribution in [0, 0.1) is 10.5 Å². The normalized spacial score (nSPS) is 10.7. The summed E-state index contributed by atoms with van der Waals surface area (Å²) in [5.74, 6) is 0. The third kappa shape index (κ3) is 1.86. The number of hydrogen-bond donors (Lipinski definition) is 0. The minimum Gasteiger partial charge on any atom is -0.252 e. The third-order valence-electron chi connectivity index (χ3n) is 1.91. The molecule has 1 nitrogen and oxygen atoms in total. The topological polar surface area (TPSA) is 12.9 Å². The van der Waals surface area contributed by atoms with Gasteiger partial charge in [-0.05, 0) is 47.7 Å². The molecule has 0 aliphatic rings. The molecule has 66 valence electrons. The summed E-state index contributed by atoms with van der Waals surface area (Å²) in [7, 11) is 0. The average molecular weight is 348 g/mol. The molecule has 0 aliphatic heterocycles. The second-order valence-corrected chi connectivity index (χ2v) is 4.97. The maximum atomic E-state index is 4.50. The SMILES string of the molecule is Cc1nc2cc(Br)ccc2cc1I. The van der Waals surface area contributed by atoms with Crippen molar-refractivity contribution in [3.05, 3.63) is 38.0 Å². The van der Waals surface area contributed by atoms with Crippen LogP contribution >= 0.6 is 38.5 Å². The molecule has 0 amide bonds. The molecule has 0 fully saturated rings. The van der Waals surface area contributed by atoms with Gasteiger partial charge in [-0.3, -0.25) is 4.98 Å². The molecule has 0 bridgehead atoms. The molecule has 0 saturated heterocycles. The molecule has 0 spiro atoms. The van der Waals surface area contributed by atoms with E-state index in [1.165, 1.54) is 8.96 Å². The third-order valence-corrected chi connectivity index (χ3v) is 3.49. The maximum absolute atomic E-state index is 4.50. The van der Waals surface area contributed by atoms with E-state index < -0.39 is 0 Å². The number of nitrogens with zero attached hydrogens (tertiary/aromatic N) is 1. The highest BCUT2D eigenvalue weighted by atomic mass is 127. The first-order chi connectivity index (χ1) is 6.16. The van der Waals surface area contributed by atoms with Crippen LogP contribution in [-0.4, -0.2) is 4.98 Å². The van der Waals surface area contributed by atoms with Crippen molar-refractivity contribution in [2.75, 3.05) is 0 Å². The van der Waals surface area contributed by atoms with Crippen LogP contribution < -0.4 is 0 Å². The van der Waals surface area contributed by atoms with E-state index in [4.69, 9.17) is 0 Å². The lowest BCUT2D eigenvalue weighted by Crippen LogP contribution is -1.87. The van der Waals surface area contributed by atoms with Gasteiger partial charge in [0.2, 0.25) is 0 Å². The first kappa shape index (κ1) is 9.40. The van der Waals surface area contributed by atoms with Gasteiger partial charge >= 0.3 is 0 Å². The molecule has 13 heavy (non-hydrogen) atoms. The van der Waals surface area contributed by atoms with Crippen molar-refractivity contribution >= 4 is 49.4 Å². The Balaban J connectivity index is 2.81. The minimum atomic E-state index is 1.05. The Labute approximate surface area is 98.8 Å². The number of fused-ring (bicyclic) bond motifs is 1. The van der Waals surface area contributed by atoms with Crippen LogP contribution in [0.2, 0.25) is 0 Å². The Kier molecular flexibility index (Phi) is 2.55. The molecule has 0 N–H and O–H groups in total. The van der Waals surface area contributed by atoms with Crippen molar-refractivity contribution in [1.82, 2.24) is 4.98 Å². The molecule has 0 unspecified atom stereocenters. The van der Waals surface area contributed by atoms with E-state index in [1.54, 1.807) is 0 Å². The highest BCUT2D eigenvalue weighted by molar-refractivity contribution is 14.1. The Bertz CT molecular complexity index is 468. The maximum Gasteiger partial charge on any atom is 0.0717 e. The molecule has 0 radical (unpaired) electrons. The van der Waals surface area contributed by atoms with Gasteiger partial charge in [-0.2, -0.15) is 0 Å². The number of pyridine rings is 1. The first-order valence-corrected chi connectivity index (χ1v) is 5.76.